The highest BCUT2D eigenvalue weighted by Gasteiger charge is 2.27. The number of rotatable bonds is 2. The monoisotopic (exact) mass is 310 g/mol. The molecule has 18 heavy (non-hydrogen) atoms. The van der Waals surface area contributed by atoms with E-state index in [1.165, 1.54) is 5.56 Å². The first-order valence-electron chi connectivity index (χ1n) is 6.62. The summed E-state index contributed by atoms with van der Waals surface area (Å²) in [5, 5.41) is 3.43. The van der Waals surface area contributed by atoms with Gasteiger partial charge in [-0.1, -0.05) is 15.9 Å². The number of nitrogens with one attached hydrogen (secondary N) is 1. The van der Waals surface area contributed by atoms with E-state index < -0.39 is 0 Å². The lowest BCUT2D eigenvalue weighted by molar-refractivity contribution is 0.106. The average Bonchev–Trinajstić information content (AvgIpc) is 2.73. The van der Waals surface area contributed by atoms with Gasteiger partial charge in [0.05, 0.1) is 0 Å². The minimum atomic E-state index is 0.315. The number of benzene rings is 1. The largest absolute Gasteiger partial charge is 0.488 e. The van der Waals surface area contributed by atoms with E-state index in [4.69, 9.17) is 4.74 Å². The number of hydrogen-bond acceptors (Lipinski definition) is 3. The molecule has 1 aromatic rings. The first-order valence-corrected chi connectivity index (χ1v) is 7.41. The standard InChI is InChI=1S/C14H19BrN2O/c1-10-8-16-4-5-17(10)9-13-7-11-6-12(15)2-3-14(11)18-13/h2-3,6,10,13,16H,4-5,7-9H2,1H3. The van der Waals surface area contributed by atoms with Gasteiger partial charge in [0.15, 0.2) is 0 Å². The highest BCUT2D eigenvalue weighted by atomic mass is 79.9. The lowest BCUT2D eigenvalue weighted by Gasteiger charge is -2.35. The second-order valence-corrected chi connectivity index (χ2v) is 6.16. The number of ether oxygens (including phenoxy) is 1. The Morgan fingerprint density at radius 2 is 2.39 bits per heavy atom. The van der Waals surface area contributed by atoms with Crippen molar-refractivity contribution in [1.82, 2.24) is 10.2 Å². The Balaban J connectivity index is 1.63. The number of halogens is 1. The fourth-order valence-electron chi connectivity index (χ4n) is 2.81. The quantitative estimate of drug-likeness (QED) is 0.905. The number of fused-ring (bicyclic) bond motifs is 1. The summed E-state index contributed by atoms with van der Waals surface area (Å²) in [5.74, 6) is 1.06. The third kappa shape index (κ3) is 2.56. The molecule has 4 heteroatoms. The minimum absolute atomic E-state index is 0.315. The summed E-state index contributed by atoms with van der Waals surface area (Å²) in [4.78, 5) is 2.53. The first kappa shape index (κ1) is 12.5. The van der Waals surface area contributed by atoms with Gasteiger partial charge in [-0.3, -0.25) is 4.90 Å². The molecule has 0 amide bonds. The number of nitrogens with zero attached hydrogens (tertiary/aromatic N) is 1. The van der Waals surface area contributed by atoms with Crippen molar-refractivity contribution in [1.29, 1.82) is 0 Å². The molecule has 1 saturated heterocycles. The summed E-state index contributed by atoms with van der Waals surface area (Å²) in [5.41, 5.74) is 1.33. The van der Waals surface area contributed by atoms with Gasteiger partial charge in [0.25, 0.3) is 0 Å². The molecule has 98 valence electrons. The summed E-state index contributed by atoms with van der Waals surface area (Å²) in [7, 11) is 0. The molecule has 2 aliphatic rings. The Kier molecular flexibility index (Phi) is 3.59. The van der Waals surface area contributed by atoms with Crippen molar-refractivity contribution in [2.75, 3.05) is 26.2 Å². The maximum atomic E-state index is 6.03. The fraction of sp³-hybridized carbons (Fsp3) is 0.571. The van der Waals surface area contributed by atoms with Gasteiger partial charge >= 0.3 is 0 Å². The van der Waals surface area contributed by atoms with Crippen LogP contribution in [0.2, 0.25) is 0 Å². The Bertz CT molecular complexity index is 438. The molecule has 2 aliphatic heterocycles. The van der Waals surface area contributed by atoms with E-state index in [2.05, 4.69) is 51.3 Å². The van der Waals surface area contributed by atoms with E-state index in [9.17, 15) is 0 Å². The van der Waals surface area contributed by atoms with Crippen molar-refractivity contribution in [2.24, 2.45) is 0 Å². The molecule has 2 heterocycles. The van der Waals surface area contributed by atoms with E-state index in [0.717, 1.165) is 42.8 Å². The van der Waals surface area contributed by atoms with Crippen molar-refractivity contribution in [3.63, 3.8) is 0 Å². The molecule has 0 radical (unpaired) electrons. The zero-order valence-electron chi connectivity index (χ0n) is 10.7. The van der Waals surface area contributed by atoms with Gasteiger partial charge in [-0.2, -0.15) is 0 Å². The maximum absolute atomic E-state index is 6.03. The van der Waals surface area contributed by atoms with Gasteiger partial charge < -0.3 is 10.1 Å². The molecule has 0 bridgehead atoms. The van der Waals surface area contributed by atoms with Crippen molar-refractivity contribution < 1.29 is 4.74 Å². The zero-order chi connectivity index (χ0) is 12.5. The van der Waals surface area contributed by atoms with E-state index >= 15 is 0 Å². The molecule has 0 saturated carbocycles. The van der Waals surface area contributed by atoms with E-state index in [-0.39, 0.29) is 0 Å². The molecule has 0 aliphatic carbocycles. The van der Waals surface area contributed by atoms with Crippen LogP contribution in [-0.4, -0.2) is 43.2 Å². The third-order valence-electron chi connectivity index (χ3n) is 3.84. The molecular weight excluding hydrogens is 292 g/mol. The van der Waals surface area contributed by atoms with Crippen molar-refractivity contribution >= 4 is 15.9 Å². The summed E-state index contributed by atoms with van der Waals surface area (Å²) < 4.78 is 7.17. The van der Waals surface area contributed by atoms with Gasteiger partial charge in [0, 0.05) is 43.1 Å². The molecule has 0 aromatic heterocycles. The predicted molar refractivity (Wildman–Crippen MR) is 76.2 cm³/mol. The average molecular weight is 311 g/mol. The molecule has 1 N–H and O–H groups in total. The van der Waals surface area contributed by atoms with Crippen molar-refractivity contribution in [3.05, 3.63) is 28.2 Å². The molecule has 2 atom stereocenters. The van der Waals surface area contributed by atoms with Gasteiger partial charge in [0.1, 0.15) is 11.9 Å². The van der Waals surface area contributed by atoms with Crippen LogP contribution in [0.25, 0.3) is 0 Å². The number of piperazine rings is 1. The summed E-state index contributed by atoms with van der Waals surface area (Å²) >= 11 is 3.52. The van der Waals surface area contributed by atoms with Crippen LogP contribution >= 0.6 is 15.9 Å². The Morgan fingerprint density at radius 1 is 1.50 bits per heavy atom. The second kappa shape index (κ2) is 5.19. The molecule has 2 unspecified atom stereocenters. The van der Waals surface area contributed by atoms with Crippen LogP contribution in [0.5, 0.6) is 5.75 Å². The maximum Gasteiger partial charge on any atom is 0.123 e. The molecule has 1 aromatic carbocycles. The van der Waals surface area contributed by atoms with E-state index in [0.29, 0.717) is 12.1 Å². The SMILES string of the molecule is CC1CNCCN1CC1Cc2cc(Br)ccc2O1. The van der Waals surface area contributed by atoms with E-state index in [1.807, 2.05) is 0 Å². The molecule has 1 fully saturated rings. The normalized spacial score (nSPS) is 27.9. The smallest absolute Gasteiger partial charge is 0.123 e. The van der Waals surface area contributed by atoms with Crippen LogP contribution in [0.1, 0.15) is 12.5 Å². The molecule has 3 nitrogen and oxygen atoms in total. The van der Waals surface area contributed by atoms with Gasteiger partial charge in [-0.25, -0.2) is 0 Å². The fourth-order valence-corrected chi connectivity index (χ4v) is 3.22. The topological polar surface area (TPSA) is 24.5 Å². The lowest BCUT2D eigenvalue weighted by Crippen LogP contribution is -2.52. The first-order chi connectivity index (χ1) is 8.72. The van der Waals surface area contributed by atoms with Crippen molar-refractivity contribution in [2.45, 2.75) is 25.5 Å². The summed E-state index contributed by atoms with van der Waals surface area (Å²) in [6.45, 7) is 6.63. The van der Waals surface area contributed by atoms with Crippen LogP contribution in [0.3, 0.4) is 0 Å². The van der Waals surface area contributed by atoms with Gasteiger partial charge in [-0.15, -0.1) is 0 Å². The molecular formula is C14H19BrN2O. The Hall–Kier alpha value is -0.580. The van der Waals surface area contributed by atoms with Crippen LogP contribution < -0.4 is 10.1 Å². The van der Waals surface area contributed by atoms with Gasteiger partial charge in [0.2, 0.25) is 0 Å². The third-order valence-corrected chi connectivity index (χ3v) is 4.33. The zero-order valence-corrected chi connectivity index (χ0v) is 12.2. The molecule has 3 rings (SSSR count). The van der Waals surface area contributed by atoms with E-state index in [1.54, 1.807) is 0 Å². The molecule has 0 spiro atoms. The predicted octanol–water partition coefficient (Wildman–Crippen LogP) is 2.05. The summed E-state index contributed by atoms with van der Waals surface area (Å²) in [6.07, 6.45) is 1.35. The van der Waals surface area contributed by atoms with Crippen LogP contribution in [0, 0.1) is 0 Å². The van der Waals surface area contributed by atoms with Crippen molar-refractivity contribution in [3.8, 4) is 5.75 Å². The minimum Gasteiger partial charge on any atom is -0.488 e. The van der Waals surface area contributed by atoms with Crippen LogP contribution in [-0.2, 0) is 6.42 Å². The van der Waals surface area contributed by atoms with Gasteiger partial charge in [-0.05, 0) is 30.7 Å². The summed E-state index contributed by atoms with van der Waals surface area (Å²) in [6, 6.07) is 6.91. The Labute approximate surface area is 117 Å². The lowest BCUT2D eigenvalue weighted by atomic mass is 10.1. The van der Waals surface area contributed by atoms with Crippen LogP contribution in [0.4, 0.5) is 0 Å². The highest BCUT2D eigenvalue weighted by Crippen LogP contribution is 2.31. The highest BCUT2D eigenvalue weighted by molar-refractivity contribution is 9.10. The number of hydrogen-bond donors (Lipinski definition) is 1. The Morgan fingerprint density at radius 3 is 3.22 bits per heavy atom. The second-order valence-electron chi connectivity index (χ2n) is 5.24. The van der Waals surface area contributed by atoms with Crippen LogP contribution in [0.15, 0.2) is 22.7 Å².